The largest absolute Gasteiger partial charge is 0.309 e. The maximum atomic E-state index is 2.51. The van der Waals surface area contributed by atoms with Gasteiger partial charge in [-0.25, -0.2) is 0 Å². The van der Waals surface area contributed by atoms with Crippen LogP contribution < -0.4 is 0 Å². The Morgan fingerprint density at radius 2 is 0.886 bits per heavy atom. The van der Waals surface area contributed by atoms with Crippen molar-refractivity contribution in [2.45, 2.75) is 0 Å². The number of fused-ring (bicyclic) bond motifs is 7. The average Bonchev–Trinajstić information content (AvgIpc) is 3.62. The Morgan fingerprint density at radius 3 is 1.66 bits per heavy atom. The molecule has 0 atom stereocenters. The van der Waals surface area contributed by atoms with Crippen LogP contribution in [0, 0.1) is 0 Å². The quantitative estimate of drug-likeness (QED) is 0.203. The lowest BCUT2D eigenvalue weighted by Crippen LogP contribution is -1.98. The molecular formula is C42H28N2. The van der Waals surface area contributed by atoms with E-state index in [9.17, 15) is 0 Å². The summed E-state index contributed by atoms with van der Waals surface area (Å²) in [6, 6.07) is 61.3. The molecule has 0 saturated heterocycles. The third-order valence-electron chi connectivity index (χ3n) is 8.93. The van der Waals surface area contributed by atoms with E-state index in [2.05, 4.69) is 179 Å². The molecule has 0 bridgehead atoms. The van der Waals surface area contributed by atoms with Gasteiger partial charge in [-0.1, -0.05) is 133 Å². The van der Waals surface area contributed by atoms with Gasteiger partial charge >= 0.3 is 0 Å². The molecule has 206 valence electrons. The number of para-hydroxylation sites is 4. The van der Waals surface area contributed by atoms with Gasteiger partial charge in [-0.3, -0.25) is 0 Å². The van der Waals surface area contributed by atoms with Crippen molar-refractivity contribution in [3.63, 3.8) is 0 Å². The van der Waals surface area contributed by atoms with Gasteiger partial charge in [-0.2, -0.15) is 0 Å². The highest BCUT2D eigenvalue weighted by Gasteiger charge is 2.22. The van der Waals surface area contributed by atoms with Crippen LogP contribution in [-0.2, 0) is 0 Å². The molecule has 0 radical (unpaired) electrons. The summed E-state index contributed by atoms with van der Waals surface area (Å²) in [5.74, 6) is 0. The van der Waals surface area contributed by atoms with E-state index in [0.717, 1.165) is 5.69 Å². The first-order chi connectivity index (χ1) is 21.9. The molecule has 0 N–H and O–H groups in total. The van der Waals surface area contributed by atoms with E-state index >= 15 is 0 Å². The minimum absolute atomic E-state index is 1.16. The van der Waals surface area contributed by atoms with Crippen LogP contribution in [0.2, 0.25) is 0 Å². The van der Waals surface area contributed by atoms with Crippen LogP contribution in [0.1, 0.15) is 0 Å². The number of aromatic nitrogens is 2. The summed E-state index contributed by atoms with van der Waals surface area (Å²) >= 11 is 0. The lowest BCUT2D eigenvalue weighted by Gasteiger charge is -2.17. The molecular weight excluding hydrogens is 532 g/mol. The Kier molecular flexibility index (Phi) is 5.54. The predicted molar refractivity (Wildman–Crippen MR) is 186 cm³/mol. The first-order valence-corrected chi connectivity index (χ1v) is 15.1. The van der Waals surface area contributed by atoms with E-state index in [1.54, 1.807) is 0 Å². The summed E-state index contributed by atoms with van der Waals surface area (Å²) in [5.41, 5.74) is 12.1. The first-order valence-electron chi connectivity index (χ1n) is 15.1. The van der Waals surface area contributed by atoms with Gasteiger partial charge in [-0.05, 0) is 53.1 Å². The molecule has 0 aliphatic heterocycles. The fourth-order valence-corrected chi connectivity index (χ4v) is 7.10. The van der Waals surface area contributed by atoms with E-state index < -0.39 is 0 Å². The molecule has 0 fully saturated rings. The number of rotatable bonds is 4. The molecule has 9 aromatic rings. The molecule has 2 heteroatoms. The highest BCUT2D eigenvalue weighted by atomic mass is 15.0. The Morgan fingerprint density at radius 1 is 0.318 bits per heavy atom. The zero-order valence-electron chi connectivity index (χ0n) is 24.1. The van der Waals surface area contributed by atoms with E-state index in [1.165, 1.54) is 71.6 Å². The maximum Gasteiger partial charge on any atom is 0.0641 e. The molecule has 0 spiro atoms. The second-order valence-electron chi connectivity index (χ2n) is 11.3. The number of hydrogen-bond donors (Lipinski definition) is 0. The zero-order chi connectivity index (χ0) is 29.0. The van der Waals surface area contributed by atoms with Gasteiger partial charge in [0, 0.05) is 32.8 Å². The van der Waals surface area contributed by atoms with Gasteiger partial charge in [-0.15, -0.1) is 0 Å². The summed E-state index contributed by atoms with van der Waals surface area (Å²) in [7, 11) is 0. The van der Waals surface area contributed by atoms with Crippen LogP contribution in [-0.4, -0.2) is 9.13 Å². The van der Waals surface area contributed by atoms with Gasteiger partial charge < -0.3 is 9.13 Å². The Labute approximate surface area is 255 Å². The van der Waals surface area contributed by atoms with Gasteiger partial charge in [0.1, 0.15) is 0 Å². The predicted octanol–water partition coefficient (Wildman–Crippen LogP) is 11.2. The number of nitrogens with zero attached hydrogens (tertiary/aromatic N) is 2. The maximum absolute atomic E-state index is 2.51. The minimum atomic E-state index is 1.16. The summed E-state index contributed by atoms with van der Waals surface area (Å²) in [6.45, 7) is 0. The van der Waals surface area contributed by atoms with E-state index in [1.807, 2.05) is 0 Å². The van der Waals surface area contributed by atoms with Crippen molar-refractivity contribution in [1.29, 1.82) is 0 Å². The standard InChI is InChI=1S/C42H28N2/c1-3-15-29(16-4-1)31-19-7-8-20-32(31)33-21-9-12-24-37(33)44-38-25-13-10-22-34(38)35-27-28-40-41(42(35)44)36-23-11-14-26-39(36)43(40)30-17-5-2-6-18-30/h1-28H. The van der Waals surface area contributed by atoms with Crippen molar-refractivity contribution in [3.8, 4) is 33.6 Å². The molecule has 2 nitrogen and oxygen atoms in total. The molecule has 0 saturated carbocycles. The van der Waals surface area contributed by atoms with Crippen molar-refractivity contribution in [2.24, 2.45) is 0 Å². The highest BCUT2D eigenvalue weighted by Crippen LogP contribution is 2.44. The fourth-order valence-electron chi connectivity index (χ4n) is 7.10. The molecule has 7 aromatic carbocycles. The van der Waals surface area contributed by atoms with Crippen molar-refractivity contribution in [3.05, 3.63) is 170 Å². The summed E-state index contributed by atoms with van der Waals surface area (Å²) < 4.78 is 4.91. The van der Waals surface area contributed by atoms with Crippen LogP contribution >= 0.6 is 0 Å². The van der Waals surface area contributed by atoms with Crippen molar-refractivity contribution >= 4 is 43.6 Å². The zero-order valence-corrected chi connectivity index (χ0v) is 24.1. The summed E-state index contributed by atoms with van der Waals surface area (Å²) in [5, 5.41) is 5.04. The number of benzene rings is 7. The van der Waals surface area contributed by atoms with Crippen LogP contribution in [0.25, 0.3) is 77.2 Å². The second kappa shape index (κ2) is 9.86. The van der Waals surface area contributed by atoms with Crippen LogP contribution in [0.4, 0.5) is 0 Å². The van der Waals surface area contributed by atoms with Crippen molar-refractivity contribution in [1.82, 2.24) is 9.13 Å². The monoisotopic (exact) mass is 560 g/mol. The summed E-state index contributed by atoms with van der Waals surface area (Å²) in [6.07, 6.45) is 0. The molecule has 0 unspecified atom stereocenters. The first kappa shape index (κ1) is 24.7. The molecule has 0 amide bonds. The molecule has 0 aliphatic rings. The second-order valence-corrected chi connectivity index (χ2v) is 11.3. The average molecular weight is 561 g/mol. The van der Waals surface area contributed by atoms with E-state index in [4.69, 9.17) is 0 Å². The fraction of sp³-hybridized carbons (Fsp3) is 0. The molecule has 0 aliphatic carbocycles. The van der Waals surface area contributed by atoms with Crippen LogP contribution in [0.5, 0.6) is 0 Å². The molecule has 9 rings (SSSR count). The lowest BCUT2D eigenvalue weighted by molar-refractivity contribution is 1.17. The third-order valence-corrected chi connectivity index (χ3v) is 8.93. The van der Waals surface area contributed by atoms with Crippen LogP contribution in [0.15, 0.2) is 170 Å². The smallest absolute Gasteiger partial charge is 0.0641 e. The summed E-state index contributed by atoms with van der Waals surface area (Å²) in [4.78, 5) is 0. The van der Waals surface area contributed by atoms with Gasteiger partial charge in [0.05, 0.1) is 27.8 Å². The normalized spacial score (nSPS) is 11.6. The van der Waals surface area contributed by atoms with Gasteiger partial charge in [0.15, 0.2) is 0 Å². The van der Waals surface area contributed by atoms with Crippen LogP contribution in [0.3, 0.4) is 0 Å². The van der Waals surface area contributed by atoms with E-state index in [-0.39, 0.29) is 0 Å². The Balaban J connectivity index is 1.45. The lowest BCUT2D eigenvalue weighted by atomic mass is 9.93. The van der Waals surface area contributed by atoms with Gasteiger partial charge in [0.25, 0.3) is 0 Å². The molecule has 2 aromatic heterocycles. The minimum Gasteiger partial charge on any atom is -0.309 e. The third kappa shape index (κ3) is 3.61. The number of hydrogen-bond acceptors (Lipinski definition) is 0. The highest BCUT2D eigenvalue weighted by molar-refractivity contribution is 6.26. The van der Waals surface area contributed by atoms with Crippen molar-refractivity contribution < 1.29 is 0 Å². The van der Waals surface area contributed by atoms with Crippen molar-refractivity contribution in [2.75, 3.05) is 0 Å². The van der Waals surface area contributed by atoms with E-state index in [0.29, 0.717) is 0 Å². The SMILES string of the molecule is c1ccc(-c2ccccc2-c2ccccc2-n2c3ccccc3c3ccc4c(c5ccccc5n4-c4ccccc4)c32)cc1. The Bertz CT molecular complexity index is 2480. The van der Waals surface area contributed by atoms with Gasteiger partial charge in [0.2, 0.25) is 0 Å². The Hall–Kier alpha value is -5.86. The molecule has 44 heavy (non-hydrogen) atoms. The molecule has 2 heterocycles. The topological polar surface area (TPSA) is 9.86 Å².